The predicted molar refractivity (Wildman–Crippen MR) is 82.1 cm³/mol. The Morgan fingerprint density at radius 2 is 1.95 bits per heavy atom. The van der Waals surface area contributed by atoms with E-state index < -0.39 is 0 Å². The zero-order valence-corrected chi connectivity index (χ0v) is 11.7. The third kappa shape index (κ3) is 4.24. The van der Waals surface area contributed by atoms with E-state index in [-0.39, 0.29) is 6.03 Å². The van der Waals surface area contributed by atoms with Gasteiger partial charge in [0, 0.05) is 25.4 Å². The first-order chi connectivity index (χ1) is 9.79. The van der Waals surface area contributed by atoms with Crippen molar-refractivity contribution in [3.63, 3.8) is 0 Å². The molecule has 0 aliphatic heterocycles. The van der Waals surface area contributed by atoms with Gasteiger partial charge in [-0.15, -0.1) is 0 Å². The summed E-state index contributed by atoms with van der Waals surface area (Å²) in [6.07, 6.45) is 0.818. The zero-order valence-electron chi connectivity index (χ0n) is 11.7. The first-order valence-corrected chi connectivity index (χ1v) is 6.91. The second kappa shape index (κ2) is 7.50. The molecule has 2 amide bonds. The number of benzene rings is 2. The number of hydrogen-bond donors (Lipinski definition) is 2. The quantitative estimate of drug-likeness (QED) is 0.792. The molecule has 0 saturated carbocycles. The summed E-state index contributed by atoms with van der Waals surface area (Å²) in [6, 6.07) is 13.8. The molecule has 0 fully saturated rings. The minimum absolute atomic E-state index is 0.184. The van der Waals surface area contributed by atoms with Crippen molar-refractivity contribution in [2.24, 2.45) is 0 Å². The van der Waals surface area contributed by atoms with Crippen LogP contribution in [-0.4, -0.2) is 25.8 Å². The van der Waals surface area contributed by atoms with Gasteiger partial charge in [0.15, 0.2) is 0 Å². The van der Waals surface area contributed by atoms with Gasteiger partial charge in [-0.25, -0.2) is 4.79 Å². The summed E-state index contributed by atoms with van der Waals surface area (Å²) in [5.74, 6) is 0. The normalized spacial score (nSPS) is 10.4. The molecule has 0 aromatic heterocycles. The van der Waals surface area contributed by atoms with E-state index in [9.17, 15) is 4.79 Å². The van der Waals surface area contributed by atoms with Crippen molar-refractivity contribution < 1.29 is 9.53 Å². The van der Waals surface area contributed by atoms with Crippen molar-refractivity contribution >= 4 is 22.5 Å². The van der Waals surface area contributed by atoms with E-state index in [0.717, 1.165) is 22.9 Å². The zero-order chi connectivity index (χ0) is 14.2. The smallest absolute Gasteiger partial charge is 0.319 e. The number of carbonyl (C=O) groups excluding carboxylic acids is 1. The molecule has 106 valence electrons. The Morgan fingerprint density at radius 1 is 1.15 bits per heavy atom. The second-order valence-corrected chi connectivity index (χ2v) is 4.49. The molecule has 0 radical (unpaired) electrons. The van der Waals surface area contributed by atoms with Crippen LogP contribution in [0, 0.1) is 0 Å². The van der Waals surface area contributed by atoms with Gasteiger partial charge in [-0.3, -0.25) is 0 Å². The lowest BCUT2D eigenvalue weighted by molar-refractivity contribution is 0.145. The Hall–Kier alpha value is -2.07. The van der Waals surface area contributed by atoms with Gasteiger partial charge in [-0.2, -0.15) is 0 Å². The van der Waals surface area contributed by atoms with Gasteiger partial charge in [0.2, 0.25) is 0 Å². The van der Waals surface area contributed by atoms with E-state index in [4.69, 9.17) is 4.74 Å². The van der Waals surface area contributed by atoms with Crippen molar-refractivity contribution in [2.75, 3.05) is 25.1 Å². The van der Waals surface area contributed by atoms with Crippen LogP contribution in [0.2, 0.25) is 0 Å². The first kappa shape index (κ1) is 14.3. The van der Waals surface area contributed by atoms with E-state index in [1.54, 1.807) is 0 Å². The van der Waals surface area contributed by atoms with Crippen molar-refractivity contribution in [2.45, 2.75) is 13.3 Å². The van der Waals surface area contributed by atoms with E-state index in [1.807, 2.05) is 49.4 Å². The highest BCUT2D eigenvalue weighted by molar-refractivity contribution is 5.93. The molecule has 0 heterocycles. The minimum atomic E-state index is -0.184. The summed E-state index contributed by atoms with van der Waals surface area (Å²) < 4.78 is 5.21. The van der Waals surface area contributed by atoms with Crippen molar-refractivity contribution in [3.8, 4) is 0 Å². The molecule has 2 rings (SSSR count). The number of ether oxygens (including phenoxy) is 1. The highest BCUT2D eigenvalue weighted by atomic mass is 16.5. The Morgan fingerprint density at radius 3 is 2.75 bits per heavy atom. The standard InChI is InChI=1S/C16H20N2O2/c1-2-20-11-5-10-17-16(19)18-15-9-8-13-6-3-4-7-14(13)12-15/h3-4,6-9,12H,2,5,10-11H2,1H3,(H2,17,18,19). The molecule has 0 aliphatic carbocycles. The molecule has 0 atom stereocenters. The lowest BCUT2D eigenvalue weighted by Crippen LogP contribution is -2.30. The molecule has 4 heteroatoms. The second-order valence-electron chi connectivity index (χ2n) is 4.49. The summed E-state index contributed by atoms with van der Waals surface area (Å²) in [5, 5.41) is 7.92. The lowest BCUT2D eigenvalue weighted by atomic mass is 10.1. The number of hydrogen-bond acceptors (Lipinski definition) is 2. The summed E-state index contributed by atoms with van der Waals surface area (Å²) in [5.41, 5.74) is 0.797. The Labute approximate surface area is 119 Å². The molecule has 2 N–H and O–H groups in total. The molecular formula is C16H20N2O2. The van der Waals surface area contributed by atoms with Gasteiger partial charge in [-0.1, -0.05) is 30.3 Å². The molecule has 0 spiro atoms. The fraction of sp³-hybridized carbons (Fsp3) is 0.312. The van der Waals surface area contributed by atoms with Crippen LogP contribution in [0.25, 0.3) is 10.8 Å². The average Bonchev–Trinajstić information content (AvgIpc) is 2.47. The van der Waals surface area contributed by atoms with Crippen LogP contribution in [0.5, 0.6) is 0 Å². The van der Waals surface area contributed by atoms with Gasteiger partial charge in [0.25, 0.3) is 0 Å². The Balaban J connectivity index is 1.83. The highest BCUT2D eigenvalue weighted by Gasteiger charge is 2.01. The van der Waals surface area contributed by atoms with Gasteiger partial charge in [0.1, 0.15) is 0 Å². The minimum Gasteiger partial charge on any atom is -0.382 e. The van der Waals surface area contributed by atoms with Crippen LogP contribution >= 0.6 is 0 Å². The Bertz CT molecular complexity index is 569. The van der Waals surface area contributed by atoms with Gasteiger partial charge < -0.3 is 15.4 Å². The molecule has 4 nitrogen and oxygen atoms in total. The fourth-order valence-corrected chi connectivity index (χ4v) is 1.96. The third-order valence-electron chi connectivity index (χ3n) is 2.96. The molecular weight excluding hydrogens is 252 g/mol. The fourth-order valence-electron chi connectivity index (χ4n) is 1.96. The van der Waals surface area contributed by atoms with E-state index in [1.165, 1.54) is 0 Å². The highest BCUT2D eigenvalue weighted by Crippen LogP contribution is 2.18. The predicted octanol–water partition coefficient (Wildman–Crippen LogP) is 3.39. The largest absolute Gasteiger partial charge is 0.382 e. The van der Waals surface area contributed by atoms with E-state index in [2.05, 4.69) is 10.6 Å². The van der Waals surface area contributed by atoms with Crippen LogP contribution in [0.1, 0.15) is 13.3 Å². The number of amides is 2. The number of anilines is 1. The van der Waals surface area contributed by atoms with Gasteiger partial charge in [-0.05, 0) is 36.2 Å². The summed E-state index contributed by atoms with van der Waals surface area (Å²) in [6.45, 7) is 3.95. The summed E-state index contributed by atoms with van der Waals surface area (Å²) >= 11 is 0. The first-order valence-electron chi connectivity index (χ1n) is 6.91. The number of urea groups is 1. The lowest BCUT2D eigenvalue weighted by Gasteiger charge is -2.08. The van der Waals surface area contributed by atoms with Crippen molar-refractivity contribution in [1.29, 1.82) is 0 Å². The maximum atomic E-state index is 11.7. The van der Waals surface area contributed by atoms with Crippen molar-refractivity contribution in [3.05, 3.63) is 42.5 Å². The molecule has 20 heavy (non-hydrogen) atoms. The molecule has 2 aromatic carbocycles. The van der Waals surface area contributed by atoms with Gasteiger partial charge >= 0.3 is 6.03 Å². The molecule has 0 bridgehead atoms. The topological polar surface area (TPSA) is 50.4 Å². The average molecular weight is 272 g/mol. The number of carbonyl (C=O) groups is 1. The van der Waals surface area contributed by atoms with Crippen LogP contribution in [0.15, 0.2) is 42.5 Å². The van der Waals surface area contributed by atoms with Crippen LogP contribution in [0.4, 0.5) is 10.5 Å². The van der Waals surface area contributed by atoms with Crippen LogP contribution in [0.3, 0.4) is 0 Å². The monoisotopic (exact) mass is 272 g/mol. The number of fused-ring (bicyclic) bond motifs is 1. The number of nitrogens with one attached hydrogen (secondary N) is 2. The number of rotatable bonds is 6. The van der Waals surface area contributed by atoms with E-state index >= 15 is 0 Å². The molecule has 0 saturated heterocycles. The SMILES string of the molecule is CCOCCCNC(=O)Nc1ccc2ccccc2c1. The van der Waals surface area contributed by atoms with Gasteiger partial charge in [0.05, 0.1) is 0 Å². The van der Waals surface area contributed by atoms with E-state index in [0.29, 0.717) is 19.8 Å². The van der Waals surface area contributed by atoms with Crippen LogP contribution < -0.4 is 10.6 Å². The maximum absolute atomic E-state index is 11.7. The third-order valence-corrected chi connectivity index (χ3v) is 2.96. The van der Waals surface area contributed by atoms with Crippen LogP contribution in [-0.2, 0) is 4.74 Å². The molecule has 2 aromatic rings. The Kier molecular flexibility index (Phi) is 5.38. The maximum Gasteiger partial charge on any atom is 0.319 e. The molecule has 0 aliphatic rings. The summed E-state index contributed by atoms with van der Waals surface area (Å²) in [4.78, 5) is 11.7. The molecule has 0 unspecified atom stereocenters. The summed E-state index contributed by atoms with van der Waals surface area (Å²) in [7, 11) is 0. The van der Waals surface area contributed by atoms with Crippen molar-refractivity contribution in [1.82, 2.24) is 5.32 Å².